The van der Waals surface area contributed by atoms with Gasteiger partial charge in [0.05, 0.1) is 0 Å². The zero-order valence-electron chi connectivity index (χ0n) is 15.8. The lowest BCUT2D eigenvalue weighted by Gasteiger charge is -2.10. The Morgan fingerprint density at radius 2 is 0.792 bits per heavy atom. The smallest absolute Gasteiger partial charge is 0.00773 e. The fourth-order valence-electron chi connectivity index (χ4n) is 3.38. The van der Waals surface area contributed by atoms with Crippen LogP contribution >= 0.6 is 0 Å². The van der Waals surface area contributed by atoms with Crippen LogP contribution in [0.2, 0.25) is 0 Å². The molecule has 138 valence electrons. The molecule has 0 spiro atoms. The van der Waals surface area contributed by atoms with Gasteiger partial charge < -0.3 is 11.5 Å². The SMILES string of the molecule is NCCCCCCCCc1ccccc1CCCCCCCCN. The molecule has 0 aliphatic heterocycles. The van der Waals surface area contributed by atoms with E-state index in [-0.39, 0.29) is 0 Å². The molecule has 2 nitrogen and oxygen atoms in total. The van der Waals surface area contributed by atoms with Gasteiger partial charge in [-0.15, -0.1) is 0 Å². The van der Waals surface area contributed by atoms with E-state index in [2.05, 4.69) is 24.3 Å². The van der Waals surface area contributed by atoms with Gasteiger partial charge in [0.1, 0.15) is 0 Å². The summed E-state index contributed by atoms with van der Waals surface area (Å²) >= 11 is 0. The number of rotatable bonds is 16. The molecule has 0 unspecified atom stereocenters. The van der Waals surface area contributed by atoms with Crippen molar-refractivity contribution in [2.24, 2.45) is 11.5 Å². The summed E-state index contributed by atoms with van der Waals surface area (Å²) in [6, 6.07) is 9.08. The lowest BCUT2D eigenvalue weighted by atomic mass is 9.96. The van der Waals surface area contributed by atoms with Gasteiger partial charge in [-0.25, -0.2) is 0 Å². The van der Waals surface area contributed by atoms with E-state index in [4.69, 9.17) is 11.5 Å². The van der Waals surface area contributed by atoms with Gasteiger partial charge in [-0.1, -0.05) is 75.6 Å². The summed E-state index contributed by atoms with van der Waals surface area (Å²) in [6.07, 6.45) is 18.3. The van der Waals surface area contributed by atoms with Gasteiger partial charge in [-0.05, 0) is 62.7 Å². The molecule has 0 aliphatic rings. The fraction of sp³-hybridized carbons (Fsp3) is 0.727. The molecule has 0 heterocycles. The van der Waals surface area contributed by atoms with Crippen LogP contribution in [-0.4, -0.2) is 13.1 Å². The van der Waals surface area contributed by atoms with Crippen LogP contribution in [0.15, 0.2) is 24.3 Å². The van der Waals surface area contributed by atoms with E-state index in [1.165, 1.54) is 89.9 Å². The average Bonchev–Trinajstić information content (AvgIpc) is 2.61. The molecule has 1 rings (SSSR count). The van der Waals surface area contributed by atoms with Crippen molar-refractivity contribution in [1.29, 1.82) is 0 Å². The maximum absolute atomic E-state index is 5.54. The minimum Gasteiger partial charge on any atom is -0.330 e. The van der Waals surface area contributed by atoms with Crippen molar-refractivity contribution in [3.63, 3.8) is 0 Å². The zero-order valence-corrected chi connectivity index (χ0v) is 15.8. The Morgan fingerprint density at radius 3 is 1.17 bits per heavy atom. The maximum atomic E-state index is 5.54. The molecule has 0 bridgehead atoms. The van der Waals surface area contributed by atoms with Crippen LogP contribution in [0.25, 0.3) is 0 Å². The second-order valence-electron chi connectivity index (χ2n) is 7.09. The molecular formula is C22H40N2. The first-order valence-corrected chi connectivity index (χ1v) is 10.4. The maximum Gasteiger partial charge on any atom is -0.00773 e. The van der Waals surface area contributed by atoms with Crippen molar-refractivity contribution in [1.82, 2.24) is 0 Å². The number of hydrogen-bond acceptors (Lipinski definition) is 2. The first-order chi connectivity index (χ1) is 11.9. The molecule has 0 aliphatic carbocycles. The second-order valence-corrected chi connectivity index (χ2v) is 7.09. The molecule has 24 heavy (non-hydrogen) atoms. The van der Waals surface area contributed by atoms with Crippen LogP contribution < -0.4 is 11.5 Å². The molecule has 0 amide bonds. The van der Waals surface area contributed by atoms with Crippen molar-refractivity contribution >= 4 is 0 Å². The molecular weight excluding hydrogens is 292 g/mol. The minimum absolute atomic E-state index is 0.848. The minimum atomic E-state index is 0.848. The summed E-state index contributed by atoms with van der Waals surface area (Å²) in [7, 11) is 0. The number of unbranched alkanes of at least 4 members (excludes halogenated alkanes) is 10. The molecule has 2 heteroatoms. The zero-order chi connectivity index (χ0) is 17.3. The highest BCUT2D eigenvalue weighted by molar-refractivity contribution is 5.27. The normalized spacial score (nSPS) is 11.1. The van der Waals surface area contributed by atoms with Crippen molar-refractivity contribution in [3.05, 3.63) is 35.4 Å². The molecule has 0 saturated carbocycles. The monoisotopic (exact) mass is 332 g/mol. The van der Waals surface area contributed by atoms with Gasteiger partial charge >= 0.3 is 0 Å². The number of benzene rings is 1. The van der Waals surface area contributed by atoms with Gasteiger partial charge in [-0.2, -0.15) is 0 Å². The van der Waals surface area contributed by atoms with Crippen LogP contribution in [0.4, 0.5) is 0 Å². The summed E-state index contributed by atoms with van der Waals surface area (Å²) in [6.45, 7) is 1.70. The van der Waals surface area contributed by atoms with Gasteiger partial charge in [0.25, 0.3) is 0 Å². The number of aryl methyl sites for hydroxylation is 2. The standard InChI is InChI=1S/C22H40N2/c23-19-13-7-3-1-5-9-15-21-17-11-12-18-22(21)16-10-6-2-4-8-14-20-24/h11-12,17-18H,1-10,13-16,19-20,23-24H2. The van der Waals surface area contributed by atoms with Crippen molar-refractivity contribution in [3.8, 4) is 0 Å². The summed E-state index contributed by atoms with van der Waals surface area (Å²) in [4.78, 5) is 0. The Hall–Kier alpha value is -0.860. The number of hydrogen-bond donors (Lipinski definition) is 2. The summed E-state index contributed by atoms with van der Waals surface area (Å²) < 4.78 is 0. The molecule has 0 atom stereocenters. The largest absolute Gasteiger partial charge is 0.330 e. The second kappa shape index (κ2) is 15.7. The Labute approximate surface area is 150 Å². The fourth-order valence-corrected chi connectivity index (χ4v) is 3.38. The van der Waals surface area contributed by atoms with E-state index in [0.29, 0.717) is 0 Å². The predicted octanol–water partition coefficient (Wildman–Crippen LogP) is 5.37. The van der Waals surface area contributed by atoms with Crippen molar-refractivity contribution < 1.29 is 0 Å². The summed E-state index contributed by atoms with van der Waals surface area (Å²) in [5.74, 6) is 0. The average molecular weight is 333 g/mol. The predicted molar refractivity (Wildman–Crippen MR) is 107 cm³/mol. The van der Waals surface area contributed by atoms with E-state index in [0.717, 1.165) is 13.1 Å². The third kappa shape index (κ3) is 10.8. The molecule has 1 aromatic carbocycles. The van der Waals surface area contributed by atoms with Gasteiger partial charge in [-0.3, -0.25) is 0 Å². The number of nitrogens with two attached hydrogens (primary N) is 2. The highest BCUT2D eigenvalue weighted by Crippen LogP contribution is 2.17. The van der Waals surface area contributed by atoms with Crippen molar-refractivity contribution in [2.45, 2.75) is 89.9 Å². The van der Waals surface area contributed by atoms with Gasteiger partial charge in [0.2, 0.25) is 0 Å². The topological polar surface area (TPSA) is 52.0 Å². The molecule has 0 aromatic heterocycles. The van der Waals surface area contributed by atoms with Crippen LogP contribution in [0.5, 0.6) is 0 Å². The highest BCUT2D eigenvalue weighted by atomic mass is 14.5. The van der Waals surface area contributed by atoms with Crippen LogP contribution in [0.1, 0.15) is 88.2 Å². The first-order valence-electron chi connectivity index (χ1n) is 10.4. The summed E-state index contributed by atoms with van der Waals surface area (Å²) in [5, 5.41) is 0. The third-order valence-corrected chi connectivity index (χ3v) is 4.92. The quantitative estimate of drug-likeness (QED) is 0.400. The summed E-state index contributed by atoms with van der Waals surface area (Å²) in [5.41, 5.74) is 14.2. The lowest BCUT2D eigenvalue weighted by molar-refractivity contribution is 0.590. The first kappa shape index (κ1) is 21.2. The van der Waals surface area contributed by atoms with E-state index >= 15 is 0 Å². The molecule has 4 N–H and O–H groups in total. The van der Waals surface area contributed by atoms with Crippen LogP contribution in [0.3, 0.4) is 0 Å². The molecule has 0 saturated heterocycles. The Morgan fingerprint density at radius 1 is 0.458 bits per heavy atom. The van der Waals surface area contributed by atoms with Crippen LogP contribution in [0, 0.1) is 0 Å². The molecule has 0 radical (unpaired) electrons. The van der Waals surface area contributed by atoms with E-state index in [9.17, 15) is 0 Å². The third-order valence-electron chi connectivity index (χ3n) is 4.92. The van der Waals surface area contributed by atoms with Gasteiger partial charge in [0, 0.05) is 0 Å². The molecule has 1 aromatic rings. The highest BCUT2D eigenvalue weighted by Gasteiger charge is 2.02. The molecule has 0 fully saturated rings. The Kier molecular flexibility index (Phi) is 13.8. The van der Waals surface area contributed by atoms with E-state index in [1.54, 1.807) is 11.1 Å². The van der Waals surface area contributed by atoms with E-state index < -0.39 is 0 Å². The van der Waals surface area contributed by atoms with E-state index in [1.807, 2.05) is 0 Å². The van der Waals surface area contributed by atoms with Crippen molar-refractivity contribution in [2.75, 3.05) is 13.1 Å². The van der Waals surface area contributed by atoms with Crippen LogP contribution in [-0.2, 0) is 12.8 Å². The Bertz CT molecular complexity index is 352. The Balaban J connectivity index is 2.14. The van der Waals surface area contributed by atoms with Gasteiger partial charge in [0.15, 0.2) is 0 Å². The lowest BCUT2D eigenvalue weighted by Crippen LogP contribution is -1.98.